The van der Waals surface area contributed by atoms with Gasteiger partial charge in [-0.2, -0.15) is 5.26 Å². The highest BCUT2D eigenvalue weighted by molar-refractivity contribution is 7.88. The van der Waals surface area contributed by atoms with E-state index in [1.54, 1.807) is 4.31 Å². The van der Waals surface area contributed by atoms with E-state index in [1.165, 1.54) is 6.26 Å². The summed E-state index contributed by atoms with van der Waals surface area (Å²) in [6.45, 7) is 2.41. The Morgan fingerprint density at radius 1 is 1.47 bits per heavy atom. The minimum Gasteiger partial charge on any atom is -0.380 e. The van der Waals surface area contributed by atoms with Crippen LogP contribution in [0, 0.1) is 22.7 Å². The number of hydrogen-bond donors (Lipinski definition) is 0. The van der Waals surface area contributed by atoms with Gasteiger partial charge in [0.25, 0.3) is 0 Å². The molecule has 0 spiro atoms. The van der Waals surface area contributed by atoms with Crippen molar-refractivity contribution in [2.45, 2.75) is 32.1 Å². The first-order valence-electron chi connectivity index (χ1n) is 6.89. The van der Waals surface area contributed by atoms with Crippen molar-refractivity contribution in [1.82, 2.24) is 4.31 Å². The maximum atomic E-state index is 11.6. The molecule has 2 atom stereocenters. The zero-order chi connectivity index (χ0) is 13.9. The summed E-state index contributed by atoms with van der Waals surface area (Å²) in [6.07, 6.45) is 5.72. The van der Waals surface area contributed by atoms with Crippen molar-refractivity contribution in [3.63, 3.8) is 0 Å². The van der Waals surface area contributed by atoms with Gasteiger partial charge < -0.3 is 4.74 Å². The van der Waals surface area contributed by atoms with E-state index in [0.29, 0.717) is 19.7 Å². The SMILES string of the molecule is CS(=O)(=O)N1CCCC(CC2(C#N)CCCOC2)C1. The second kappa shape index (κ2) is 5.78. The van der Waals surface area contributed by atoms with Crippen LogP contribution in [0.15, 0.2) is 0 Å². The van der Waals surface area contributed by atoms with Gasteiger partial charge in [-0.15, -0.1) is 0 Å². The molecule has 6 heteroatoms. The van der Waals surface area contributed by atoms with Crippen molar-refractivity contribution in [2.75, 3.05) is 32.6 Å². The number of rotatable bonds is 3. The number of hydrogen-bond acceptors (Lipinski definition) is 4. The molecule has 2 heterocycles. The Hall–Kier alpha value is -0.640. The molecule has 2 rings (SSSR count). The first kappa shape index (κ1) is 14.8. The first-order chi connectivity index (χ1) is 8.95. The summed E-state index contributed by atoms with van der Waals surface area (Å²) in [5.41, 5.74) is -0.399. The number of sulfonamides is 1. The van der Waals surface area contributed by atoms with Crippen molar-refractivity contribution in [1.29, 1.82) is 5.26 Å². The zero-order valence-electron chi connectivity index (χ0n) is 11.5. The number of nitriles is 1. The normalized spacial score (nSPS) is 33.8. The van der Waals surface area contributed by atoms with Gasteiger partial charge in [0, 0.05) is 19.7 Å². The maximum absolute atomic E-state index is 11.6. The Kier molecular flexibility index (Phi) is 4.49. The molecule has 2 aliphatic rings. The molecule has 0 aromatic rings. The van der Waals surface area contributed by atoms with Crippen LogP contribution in [-0.2, 0) is 14.8 Å². The van der Waals surface area contributed by atoms with Gasteiger partial charge in [0.05, 0.1) is 24.3 Å². The van der Waals surface area contributed by atoms with Gasteiger partial charge in [0.1, 0.15) is 0 Å². The summed E-state index contributed by atoms with van der Waals surface area (Å²) in [4.78, 5) is 0. The highest BCUT2D eigenvalue weighted by Crippen LogP contribution is 2.37. The highest BCUT2D eigenvalue weighted by atomic mass is 32.2. The van der Waals surface area contributed by atoms with Crippen molar-refractivity contribution < 1.29 is 13.2 Å². The van der Waals surface area contributed by atoms with E-state index in [2.05, 4.69) is 6.07 Å². The van der Waals surface area contributed by atoms with Crippen molar-refractivity contribution >= 4 is 10.0 Å². The van der Waals surface area contributed by atoms with Crippen molar-refractivity contribution in [3.05, 3.63) is 0 Å². The molecule has 19 heavy (non-hydrogen) atoms. The standard InChI is InChI=1S/C13H22N2O3S/c1-19(16,17)15-6-2-4-12(9-15)8-13(10-14)5-3-7-18-11-13/h12H,2-9,11H2,1H3. The third kappa shape index (κ3) is 3.68. The lowest BCUT2D eigenvalue weighted by atomic mass is 9.75. The summed E-state index contributed by atoms with van der Waals surface area (Å²) in [7, 11) is -3.11. The molecule has 0 amide bonds. The Morgan fingerprint density at radius 2 is 2.26 bits per heavy atom. The van der Waals surface area contributed by atoms with Gasteiger partial charge in [-0.1, -0.05) is 0 Å². The molecule has 0 saturated carbocycles. The number of nitrogens with zero attached hydrogens (tertiary/aromatic N) is 2. The fourth-order valence-electron chi connectivity index (χ4n) is 3.19. The molecule has 0 bridgehead atoms. The summed E-state index contributed by atoms with van der Waals surface area (Å²) in [5.74, 6) is 0.282. The van der Waals surface area contributed by atoms with Crippen molar-refractivity contribution in [2.24, 2.45) is 11.3 Å². The highest BCUT2D eigenvalue weighted by Gasteiger charge is 2.37. The van der Waals surface area contributed by atoms with E-state index in [4.69, 9.17) is 4.74 Å². The van der Waals surface area contributed by atoms with Gasteiger partial charge in [-0.25, -0.2) is 12.7 Å². The van der Waals surface area contributed by atoms with E-state index >= 15 is 0 Å². The van der Waals surface area contributed by atoms with Crippen LogP contribution >= 0.6 is 0 Å². The van der Waals surface area contributed by atoms with Gasteiger partial charge in [-0.05, 0) is 38.0 Å². The molecule has 0 aromatic carbocycles. The summed E-state index contributed by atoms with van der Waals surface area (Å²) >= 11 is 0. The third-order valence-electron chi connectivity index (χ3n) is 4.19. The molecule has 5 nitrogen and oxygen atoms in total. The smallest absolute Gasteiger partial charge is 0.211 e. The molecule has 2 fully saturated rings. The van der Waals surface area contributed by atoms with Crippen LogP contribution in [0.5, 0.6) is 0 Å². The third-order valence-corrected chi connectivity index (χ3v) is 5.46. The molecular weight excluding hydrogens is 264 g/mol. The summed E-state index contributed by atoms with van der Waals surface area (Å²) in [6, 6.07) is 2.43. The van der Waals surface area contributed by atoms with E-state index in [1.807, 2.05) is 0 Å². The Morgan fingerprint density at radius 3 is 2.84 bits per heavy atom. The topological polar surface area (TPSA) is 70.4 Å². The Bertz CT molecular complexity index is 449. The fourth-order valence-corrected chi connectivity index (χ4v) is 4.14. The first-order valence-corrected chi connectivity index (χ1v) is 8.74. The minimum absolute atomic E-state index is 0.282. The van der Waals surface area contributed by atoms with Crippen LogP contribution in [0.4, 0.5) is 0 Å². The van der Waals surface area contributed by atoms with Crippen molar-refractivity contribution in [3.8, 4) is 6.07 Å². The van der Waals surface area contributed by atoms with Gasteiger partial charge >= 0.3 is 0 Å². The van der Waals surface area contributed by atoms with Crippen LogP contribution in [0.3, 0.4) is 0 Å². The van der Waals surface area contributed by atoms with Gasteiger partial charge in [-0.3, -0.25) is 0 Å². The average molecular weight is 286 g/mol. The quantitative estimate of drug-likeness (QED) is 0.785. The monoisotopic (exact) mass is 286 g/mol. The van der Waals surface area contributed by atoms with Crippen LogP contribution in [0.1, 0.15) is 32.1 Å². The van der Waals surface area contributed by atoms with Gasteiger partial charge in [0.15, 0.2) is 0 Å². The molecule has 2 aliphatic heterocycles. The maximum Gasteiger partial charge on any atom is 0.211 e. The van der Waals surface area contributed by atoms with E-state index in [-0.39, 0.29) is 5.92 Å². The molecule has 2 unspecified atom stereocenters. The molecule has 0 aliphatic carbocycles. The molecular formula is C13H22N2O3S. The number of piperidine rings is 1. The molecule has 108 valence electrons. The second-order valence-electron chi connectivity index (χ2n) is 5.88. The van der Waals surface area contributed by atoms with E-state index < -0.39 is 15.4 Å². The molecule has 0 N–H and O–H groups in total. The Balaban J connectivity index is 2.00. The largest absolute Gasteiger partial charge is 0.380 e. The lowest BCUT2D eigenvalue weighted by Crippen LogP contribution is -2.42. The lowest BCUT2D eigenvalue weighted by molar-refractivity contribution is 0.00622. The van der Waals surface area contributed by atoms with E-state index in [9.17, 15) is 13.7 Å². The Labute approximate surface area is 115 Å². The predicted octanol–water partition coefficient (Wildman–Crippen LogP) is 1.37. The van der Waals surface area contributed by atoms with Gasteiger partial charge in [0.2, 0.25) is 10.0 Å². The van der Waals surface area contributed by atoms with Crippen LogP contribution in [0.25, 0.3) is 0 Å². The fraction of sp³-hybridized carbons (Fsp3) is 0.923. The summed E-state index contributed by atoms with van der Waals surface area (Å²) in [5, 5.41) is 9.44. The van der Waals surface area contributed by atoms with Crippen LogP contribution in [0.2, 0.25) is 0 Å². The number of ether oxygens (including phenoxy) is 1. The minimum atomic E-state index is -3.11. The predicted molar refractivity (Wildman–Crippen MR) is 71.9 cm³/mol. The van der Waals surface area contributed by atoms with Crippen LogP contribution < -0.4 is 0 Å². The van der Waals surface area contributed by atoms with Crippen LogP contribution in [-0.4, -0.2) is 45.3 Å². The second-order valence-corrected chi connectivity index (χ2v) is 7.86. The zero-order valence-corrected chi connectivity index (χ0v) is 12.3. The summed E-state index contributed by atoms with van der Waals surface area (Å²) < 4.78 is 30.2. The lowest BCUT2D eigenvalue weighted by Gasteiger charge is -2.37. The average Bonchev–Trinajstić information content (AvgIpc) is 2.39. The van der Waals surface area contributed by atoms with E-state index in [0.717, 1.165) is 38.7 Å². The molecule has 2 saturated heterocycles. The molecule has 0 radical (unpaired) electrons. The molecule has 0 aromatic heterocycles.